The van der Waals surface area contributed by atoms with Gasteiger partial charge in [0.1, 0.15) is 0 Å². The molecular weight excluding hydrogens is 330 g/mol. The number of carbonyl (C=O) groups is 1. The van der Waals surface area contributed by atoms with Crippen LogP contribution in [0.2, 0.25) is 0 Å². The molecule has 2 rings (SSSR count). The highest BCUT2D eigenvalue weighted by Gasteiger charge is 2.31. The number of hydrogen-bond acceptors (Lipinski definition) is 5. The van der Waals surface area contributed by atoms with Gasteiger partial charge in [0, 0.05) is 19.2 Å². The fraction of sp³-hybridized carbons (Fsp3) is 0.471. The van der Waals surface area contributed by atoms with Gasteiger partial charge < -0.3 is 14.4 Å². The van der Waals surface area contributed by atoms with Crippen molar-refractivity contribution in [1.29, 1.82) is 0 Å². The molecule has 1 saturated heterocycles. The van der Waals surface area contributed by atoms with Crippen LogP contribution in [0.1, 0.15) is 18.9 Å². The van der Waals surface area contributed by atoms with Crippen molar-refractivity contribution < 1.29 is 22.7 Å². The number of rotatable bonds is 6. The summed E-state index contributed by atoms with van der Waals surface area (Å²) < 4.78 is 33.8. The molecule has 1 aromatic rings. The molecule has 1 unspecified atom stereocenters. The van der Waals surface area contributed by atoms with Gasteiger partial charge in [-0.05, 0) is 37.1 Å². The second kappa shape index (κ2) is 7.70. The molecule has 1 heterocycles. The van der Waals surface area contributed by atoms with Gasteiger partial charge in [0.15, 0.2) is 21.3 Å². The third-order valence-corrected chi connectivity index (χ3v) is 5.76. The van der Waals surface area contributed by atoms with Gasteiger partial charge in [0.25, 0.3) is 0 Å². The molecule has 1 atom stereocenters. The topological polar surface area (TPSA) is 72.9 Å². The normalized spacial score (nSPS) is 19.4. The highest BCUT2D eigenvalue weighted by molar-refractivity contribution is 7.91. The third kappa shape index (κ3) is 4.50. The first-order valence-corrected chi connectivity index (χ1v) is 9.64. The van der Waals surface area contributed by atoms with Crippen LogP contribution < -0.4 is 9.47 Å². The standard InChI is InChI=1S/C17H23NO5S/c1-4-23-15-7-5-13(11-16(15)22-3)6-8-17(19)18(2)14-9-10-24(20,21)12-14/h5-8,11,14H,4,9-10,12H2,1-3H3/b8-6+. The predicted octanol–water partition coefficient (Wildman–Crippen LogP) is 1.75. The van der Waals surface area contributed by atoms with Crippen LogP contribution >= 0.6 is 0 Å². The molecule has 1 aliphatic heterocycles. The van der Waals surface area contributed by atoms with Crippen molar-refractivity contribution in [2.75, 3.05) is 32.3 Å². The Morgan fingerprint density at radius 3 is 2.71 bits per heavy atom. The van der Waals surface area contributed by atoms with E-state index in [-0.39, 0.29) is 23.5 Å². The number of ether oxygens (including phenoxy) is 2. The van der Waals surface area contributed by atoms with Crippen LogP contribution in [0.25, 0.3) is 6.08 Å². The largest absolute Gasteiger partial charge is 0.493 e. The maximum absolute atomic E-state index is 12.2. The van der Waals surface area contributed by atoms with Crippen LogP contribution in [-0.2, 0) is 14.6 Å². The quantitative estimate of drug-likeness (QED) is 0.729. The smallest absolute Gasteiger partial charge is 0.246 e. The molecule has 132 valence electrons. The molecule has 6 nitrogen and oxygen atoms in total. The van der Waals surface area contributed by atoms with E-state index in [4.69, 9.17) is 9.47 Å². The second-order valence-electron chi connectivity index (χ2n) is 5.68. The summed E-state index contributed by atoms with van der Waals surface area (Å²) in [4.78, 5) is 13.7. The van der Waals surface area contributed by atoms with Crippen LogP contribution in [0.3, 0.4) is 0 Å². The van der Waals surface area contributed by atoms with E-state index >= 15 is 0 Å². The van der Waals surface area contributed by atoms with Crippen LogP contribution in [0.15, 0.2) is 24.3 Å². The number of carbonyl (C=O) groups excluding carboxylic acids is 1. The van der Waals surface area contributed by atoms with Gasteiger partial charge in [0.2, 0.25) is 5.91 Å². The van der Waals surface area contributed by atoms with Crippen molar-refractivity contribution in [1.82, 2.24) is 4.90 Å². The van der Waals surface area contributed by atoms with Gasteiger partial charge in [-0.15, -0.1) is 0 Å². The molecule has 0 spiro atoms. The summed E-state index contributed by atoms with van der Waals surface area (Å²) in [6.07, 6.45) is 3.62. The molecule has 1 fully saturated rings. The number of sulfone groups is 1. The summed E-state index contributed by atoms with van der Waals surface area (Å²) in [6, 6.07) is 5.16. The average molecular weight is 353 g/mol. The fourth-order valence-corrected chi connectivity index (χ4v) is 4.38. The van der Waals surface area contributed by atoms with Crippen LogP contribution in [-0.4, -0.2) is 57.5 Å². The highest BCUT2D eigenvalue weighted by atomic mass is 32.2. The van der Waals surface area contributed by atoms with E-state index in [1.807, 2.05) is 13.0 Å². The number of amides is 1. The minimum atomic E-state index is -3.01. The third-order valence-electron chi connectivity index (χ3n) is 4.01. The molecule has 0 aromatic heterocycles. The molecule has 1 amide bonds. The van der Waals surface area contributed by atoms with Crippen LogP contribution in [0, 0.1) is 0 Å². The van der Waals surface area contributed by atoms with Gasteiger partial charge in [-0.1, -0.05) is 6.07 Å². The SMILES string of the molecule is CCOc1ccc(/C=C/C(=O)N(C)C2CCS(=O)(=O)C2)cc1OC. The first-order chi connectivity index (χ1) is 11.4. The molecule has 0 N–H and O–H groups in total. The number of nitrogens with zero attached hydrogens (tertiary/aromatic N) is 1. The monoisotopic (exact) mass is 353 g/mol. The Labute approximate surface area is 143 Å². The predicted molar refractivity (Wildman–Crippen MR) is 93.0 cm³/mol. The molecule has 0 radical (unpaired) electrons. The number of hydrogen-bond donors (Lipinski definition) is 0. The van der Waals surface area contributed by atoms with Gasteiger partial charge >= 0.3 is 0 Å². The van der Waals surface area contributed by atoms with Crippen molar-refractivity contribution in [3.8, 4) is 11.5 Å². The summed E-state index contributed by atoms with van der Waals surface area (Å²) in [6.45, 7) is 2.43. The van der Waals surface area contributed by atoms with E-state index < -0.39 is 9.84 Å². The van der Waals surface area contributed by atoms with Crippen LogP contribution in [0.5, 0.6) is 11.5 Å². The Kier molecular flexibility index (Phi) is 5.88. The van der Waals surface area contributed by atoms with Gasteiger partial charge in [-0.2, -0.15) is 0 Å². The Morgan fingerprint density at radius 1 is 1.38 bits per heavy atom. The zero-order valence-electron chi connectivity index (χ0n) is 14.2. The molecule has 7 heteroatoms. The molecule has 24 heavy (non-hydrogen) atoms. The van der Waals surface area contributed by atoms with E-state index in [0.717, 1.165) is 5.56 Å². The maximum atomic E-state index is 12.2. The van der Waals surface area contributed by atoms with Crippen molar-refractivity contribution in [3.05, 3.63) is 29.8 Å². The Bertz CT molecular complexity index is 726. The van der Waals surface area contributed by atoms with Crippen molar-refractivity contribution in [3.63, 3.8) is 0 Å². The molecular formula is C17H23NO5S. The van der Waals surface area contributed by atoms with E-state index in [0.29, 0.717) is 24.5 Å². The number of likely N-dealkylation sites (N-methyl/N-ethyl adjacent to an activating group) is 1. The summed E-state index contributed by atoms with van der Waals surface area (Å²) >= 11 is 0. The van der Waals surface area contributed by atoms with Gasteiger partial charge in [-0.25, -0.2) is 8.42 Å². The minimum Gasteiger partial charge on any atom is -0.493 e. The zero-order chi connectivity index (χ0) is 17.7. The summed E-state index contributed by atoms with van der Waals surface area (Å²) in [7, 11) is 0.187. The first-order valence-electron chi connectivity index (χ1n) is 7.82. The van der Waals surface area contributed by atoms with Gasteiger partial charge in [-0.3, -0.25) is 4.79 Å². The summed E-state index contributed by atoms with van der Waals surface area (Å²) in [5.74, 6) is 1.22. The van der Waals surface area contributed by atoms with E-state index in [1.54, 1.807) is 32.4 Å². The van der Waals surface area contributed by atoms with Gasteiger partial charge in [0.05, 0.1) is 25.2 Å². The highest BCUT2D eigenvalue weighted by Crippen LogP contribution is 2.28. The second-order valence-corrected chi connectivity index (χ2v) is 7.91. The lowest BCUT2D eigenvalue weighted by Gasteiger charge is -2.21. The zero-order valence-corrected chi connectivity index (χ0v) is 15.0. The summed E-state index contributed by atoms with van der Waals surface area (Å²) in [5, 5.41) is 0. The molecule has 1 aliphatic rings. The molecule has 1 aromatic carbocycles. The molecule has 0 aliphatic carbocycles. The Hall–Kier alpha value is -2.02. The van der Waals surface area contributed by atoms with E-state index in [9.17, 15) is 13.2 Å². The lowest BCUT2D eigenvalue weighted by molar-refractivity contribution is -0.126. The van der Waals surface area contributed by atoms with E-state index in [2.05, 4.69) is 0 Å². The fourth-order valence-electron chi connectivity index (χ4n) is 2.61. The van der Waals surface area contributed by atoms with Crippen molar-refractivity contribution in [2.24, 2.45) is 0 Å². The summed E-state index contributed by atoms with van der Waals surface area (Å²) in [5.41, 5.74) is 0.802. The molecule has 0 saturated carbocycles. The lowest BCUT2D eigenvalue weighted by atomic mass is 10.1. The average Bonchev–Trinajstić information content (AvgIpc) is 2.93. The van der Waals surface area contributed by atoms with Crippen LogP contribution in [0.4, 0.5) is 0 Å². The Morgan fingerprint density at radius 2 is 2.12 bits per heavy atom. The maximum Gasteiger partial charge on any atom is 0.246 e. The molecule has 0 bridgehead atoms. The number of benzene rings is 1. The van der Waals surface area contributed by atoms with E-state index in [1.165, 1.54) is 11.0 Å². The number of methoxy groups -OCH3 is 1. The van der Waals surface area contributed by atoms with Crippen molar-refractivity contribution >= 4 is 21.8 Å². The minimum absolute atomic E-state index is 0.0416. The Balaban J connectivity index is 2.05. The lowest BCUT2D eigenvalue weighted by Crippen LogP contribution is -2.36. The van der Waals surface area contributed by atoms with Crippen molar-refractivity contribution in [2.45, 2.75) is 19.4 Å². The first kappa shape index (κ1) is 18.3.